The summed E-state index contributed by atoms with van der Waals surface area (Å²) in [5.41, 5.74) is 0. The zero-order valence-electron chi connectivity index (χ0n) is 18.9. The number of hydrogen-bond acceptors (Lipinski definition) is 7. The Kier molecular flexibility index (Phi) is 17.4. The van der Waals surface area contributed by atoms with Gasteiger partial charge in [0, 0.05) is 19.9 Å². The van der Waals surface area contributed by atoms with E-state index in [-0.39, 0.29) is 31.6 Å². The minimum Gasteiger partial charge on any atom is -0.462 e. The highest BCUT2D eigenvalue weighted by Crippen LogP contribution is 2.11. The number of esters is 3. The van der Waals surface area contributed by atoms with Crippen LogP contribution in [0.25, 0.3) is 0 Å². The van der Waals surface area contributed by atoms with Gasteiger partial charge in [0.25, 0.3) is 0 Å². The maximum absolute atomic E-state index is 11.9. The third-order valence-electron chi connectivity index (χ3n) is 4.44. The van der Waals surface area contributed by atoms with Crippen LogP contribution in [0.3, 0.4) is 0 Å². The van der Waals surface area contributed by atoms with E-state index in [1.807, 2.05) is 19.0 Å². The second kappa shape index (κ2) is 18.4. The van der Waals surface area contributed by atoms with E-state index >= 15 is 0 Å². The van der Waals surface area contributed by atoms with Crippen LogP contribution in [0.1, 0.15) is 84.5 Å². The molecule has 0 bridgehead atoms. The molecule has 29 heavy (non-hydrogen) atoms. The van der Waals surface area contributed by atoms with Crippen LogP contribution in [-0.4, -0.2) is 62.8 Å². The summed E-state index contributed by atoms with van der Waals surface area (Å²) < 4.78 is 15.4. The highest BCUT2D eigenvalue weighted by molar-refractivity contribution is 5.70. The Morgan fingerprint density at radius 3 is 1.72 bits per heavy atom. The lowest BCUT2D eigenvalue weighted by molar-refractivity contribution is -0.165. The summed E-state index contributed by atoms with van der Waals surface area (Å²) in [5.74, 6) is -1.20. The molecule has 0 aromatic heterocycles. The van der Waals surface area contributed by atoms with Crippen molar-refractivity contribution in [1.82, 2.24) is 4.90 Å². The van der Waals surface area contributed by atoms with E-state index < -0.39 is 12.1 Å². The van der Waals surface area contributed by atoms with Crippen molar-refractivity contribution < 1.29 is 28.6 Å². The normalized spacial score (nSPS) is 11.9. The first-order valence-corrected chi connectivity index (χ1v) is 11.0. The Morgan fingerprint density at radius 1 is 0.759 bits per heavy atom. The summed E-state index contributed by atoms with van der Waals surface area (Å²) in [6, 6.07) is 0. The molecular weight excluding hydrogens is 374 g/mol. The molecule has 0 heterocycles. The third kappa shape index (κ3) is 19.5. The van der Waals surface area contributed by atoms with E-state index in [0.717, 1.165) is 19.3 Å². The lowest BCUT2D eigenvalue weighted by Crippen LogP contribution is -2.30. The summed E-state index contributed by atoms with van der Waals surface area (Å²) in [6.45, 7) is 3.84. The van der Waals surface area contributed by atoms with Crippen LogP contribution in [0.5, 0.6) is 0 Å². The molecule has 0 rings (SSSR count). The molecule has 0 amide bonds. The summed E-state index contributed by atoms with van der Waals surface area (Å²) >= 11 is 0. The number of unbranched alkanes of at least 4 members (excludes halogenated alkanes) is 8. The van der Waals surface area contributed by atoms with Crippen molar-refractivity contribution >= 4 is 17.9 Å². The van der Waals surface area contributed by atoms with Crippen LogP contribution in [0.15, 0.2) is 0 Å². The van der Waals surface area contributed by atoms with Gasteiger partial charge in [-0.1, -0.05) is 58.3 Å². The predicted octanol–water partition coefficient (Wildman–Crippen LogP) is 3.88. The van der Waals surface area contributed by atoms with Gasteiger partial charge in [-0.3, -0.25) is 14.4 Å². The number of carbonyl (C=O) groups is 3. The van der Waals surface area contributed by atoms with Gasteiger partial charge in [-0.2, -0.15) is 0 Å². The van der Waals surface area contributed by atoms with E-state index in [0.29, 0.717) is 13.0 Å². The van der Waals surface area contributed by atoms with Crippen LogP contribution < -0.4 is 0 Å². The molecule has 0 fully saturated rings. The van der Waals surface area contributed by atoms with E-state index in [4.69, 9.17) is 14.2 Å². The summed E-state index contributed by atoms with van der Waals surface area (Å²) in [7, 11) is 3.73. The molecule has 0 spiro atoms. The van der Waals surface area contributed by atoms with E-state index in [1.165, 1.54) is 45.4 Å². The van der Waals surface area contributed by atoms with E-state index in [9.17, 15) is 14.4 Å². The summed E-state index contributed by atoms with van der Waals surface area (Å²) in [4.78, 5) is 36.6. The Hall–Kier alpha value is -1.63. The summed E-state index contributed by atoms with van der Waals surface area (Å²) in [6.07, 6.45) is 10.4. The zero-order chi connectivity index (χ0) is 21.9. The van der Waals surface area contributed by atoms with Gasteiger partial charge >= 0.3 is 17.9 Å². The van der Waals surface area contributed by atoms with Crippen LogP contribution >= 0.6 is 0 Å². The number of ether oxygens (including phenoxy) is 3. The lowest BCUT2D eigenvalue weighted by Gasteiger charge is -2.17. The van der Waals surface area contributed by atoms with Crippen LogP contribution in [0, 0.1) is 0 Å². The van der Waals surface area contributed by atoms with Crippen molar-refractivity contribution in [3.05, 3.63) is 0 Å². The Balaban J connectivity index is 3.90. The standard InChI is InChI=1S/C22H41NO6/c1-5-6-7-8-9-10-11-12-13-14-21(25)27-17-20(29-19(2)24)18-28-22(26)15-16-23(3)4/h20H,5-18H2,1-4H3/t20-/m1/s1. The van der Waals surface area contributed by atoms with E-state index in [1.54, 1.807) is 0 Å². The molecule has 0 aliphatic carbocycles. The third-order valence-corrected chi connectivity index (χ3v) is 4.44. The Labute approximate surface area is 176 Å². The second-order valence-corrected chi connectivity index (χ2v) is 7.73. The fourth-order valence-electron chi connectivity index (χ4n) is 2.76. The molecule has 0 saturated carbocycles. The first kappa shape index (κ1) is 27.4. The van der Waals surface area contributed by atoms with Crippen molar-refractivity contribution in [2.75, 3.05) is 33.9 Å². The van der Waals surface area contributed by atoms with Gasteiger partial charge in [0.2, 0.25) is 0 Å². The highest BCUT2D eigenvalue weighted by atomic mass is 16.6. The fourth-order valence-corrected chi connectivity index (χ4v) is 2.76. The minimum absolute atomic E-state index is 0.100. The van der Waals surface area contributed by atoms with Gasteiger partial charge in [0.05, 0.1) is 6.42 Å². The molecule has 7 heteroatoms. The Morgan fingerprint density at radius 2 is 1.24 bits per heavy atom. The lowest BCUT2D eigenvalue weighted by atomic mass is 10.1. The average molecular weight is 416 g/mol. The van der Waals surface area contributed by atoms with Crippen LogP contribution in [0.2, 0.25) is 0 Å². The molecule has 1 atom stereocenters. The number of hydrogen-bond donors (Lipinski definition) is 0. The molecular formula is C22H41NO6. The van der Waals surface area contributed by atoms with Crippen LogP contribution in [-0.2, 0) is 28.6 Å². The fraction of sp³-hybridized carbons (Fsp3) is 0.864. The quantitative estimate of drug-likeness (QED) is 0.191. The topological polar surface area (TPSA) is 82.1 Å². The maximum atomic E-state index is 11.9. The molecule has 170 valence electrons. The Bertz CT molecular complexity index is 453. The van der Waals surface area contributed by atoms with Crippen molar-refractivity contribution in [3.63, 3.8) is 0 Å². The van der Waals surface area contributed by atoms with Gasteiger partial charge in [-0.05, 0) is 20.5 Å². The van der Waals surface area contributed by atoms with Crippen molar-refractivity contribution in [2.24, 2.45) is 0 Å². The molecule has 0 aliphatic rings. The minimum atomic E-state index is -0.775. The number of rotatable bonds is 18. The number of carbonyl (C=O) groups excluding carboxylic acids is 3. The first-order chi connectivity index (χ1) is 13.8. The largest absolute Gasteiger partial charge is 0.462 e. The molecule has 0 N–H and O–H groups in total. The van der Waals surface area contributed by atoms with Gasteiger partial charge in [-0.15, -0.1) is 0 Å². The summed E-state index contributed by atoms with van der Waals surface area (Å²) in [5, 5.41) is 0. The van der Waals surface area contributed by atoms with Gasteiger partial charge in [-0.25, -0.2) is 0 Å². The monoisotopic (exact) mass is 415 g/mol. The van der Waals surface area contributed by atoms with Crippen molar-refractivity contribution in [3.8, 4) is 0 Å². The SMILES string of the molecule is CCCCCCCCCCCC(=O)OC[C@H](COC(=O)CCN(C)C)OC(C)=O. The smallest absolute Gasteiger partial charge is 0.307 e. The molecule has 0 saturated heterocycles. The van der Waals surface area contributed by atoms with Gasteiger partial charge in [0.1, 0.15) is 13.2 Å². The predicted molar refractivity (Wildman–Crippen MR) is 112 cm³/mol. The molecule has 0 aromatic carbocycles. The van der Waals surface area contributed by atoms with Crippen molar-refractivity contribution in [1.29, 1.82) is 0 Å². The molecule has 0 aliphatic heterocycles. The average Bonchev–Trinajstić information content (AvgIpc) is 2.66. The molecule has 0 aromatic rings. The molecule has 7 nitrogen and oxygen atoms in total. The first-order valence-electron chi connectivity index (χ1n) is 11.0. The maximum Gasteiger partial charge on any atom is 0.307 e. The molecule has 0 radical (unpaired) electrons. The van der Waals surface area contributed by atoms with E-state index in [2.05, 4.69) is 6.92 Å². The second-order valence-electron chi connectivity index (χ2n) is 7.73. The van der Waals surface area contributed by atoms with Gasteiger partial charge in [0.15, 0.2) is 6.10 Å². The van der Waals surface area contributed by atoms with Gasteiger partial charge < -0.3 is 19.1 Å². The van der Waals surface area contributed by atoms with Crippen LogP contribution in [0.4, 0.5) is 0 Å². The molecule has 0 unspecified atom stereocenters. The number of nitrogens with zero attached hydrogens (tertiary/aromatic N) is 1. The van der Waals surface area contributed by atoms with Crippen molar-refractivity contribution in [2.45, 2.75) is 90.6 Å². The zero-order valence-corrected chi connectivity index (χ0v) is 18.9. The highest BCUT2D eigenvalue weighted by Gasteiger charge is 2.17.